The summed E-state index contributed by atoms with van der Waals surface area (Å²) in [4.78, 5) is 11.1. The van der Waals surface area contributed by atoms with E-state index in [1.54, 1.807) is 13.0 Å². The first-order valence-corrected chi connectivity index (χ1v) is 4.19. The third-order valence-corrected chi connectivity index (χ3v) is 2.06. The Kier molecular flexibility index (Phi) is 1.85. The van der Waals surface area contributed by atoms with Gasteiger partial charge in [-0.2, -0.15) is 0 Å². The van der Waals surface area contributed by atoms with E-state index in [1.165, 1.54) is 0 Å². The molecule has 13 heavy (non-hydrogen) atoms. The monoisotopic (exact) mass is 169 g/mol. The zero-order valence-corrected chi connectivity index (χ0v) is 7.37. The third kappa shape index (κ3) is 1.45. The molecule has 0 fully saturated rings. The Hall–Kier alpha value is -1.63. The van der Waals surface area contributed by atoms with Gasteiger partial charge in [-0.3, -0.25) is 4.79 Å². The van der Waals surface area contributed by atoms with Crippen LogP contribution in [0.15, 0.2) is 36.4 Å². The van der Waals surface area contributed by atoms with Gasteiger partial charge in [0.15, 0.2) is 5.78 Å². The fourth-order valence-electron chi connectivity index (χ4n) is 1.32. The normalized spacial score (nSPS) is 10.2. The second-order valence-corrected chi connectivity index (χ2v) is 3.03. The van der Waals surface area contributed by atoms with Crippen molar-refractivity contribution in [1.29, 1.82) is 0 Å². The van der Waals surface area contributed by atoms with E-state index in [1.807, 2.05) is 30.3 Å². The zero-order chi connectivity index (χ0) is 9.26. The number of carbonyl (C=O) groups is 1. The highest BCUT2D eigenvalue weighted by Gasteiger charge is 1.99. The van der Waals surface area contributed by atoms with Crippen molar-refractivity contribution in [2.75, 3.05) is 0 Å². The molecule has 0 bridgehead atoms. The maximum Gasteiger partial charge on any atom is 0.159 e. The van der Waals surface area contributed by atoms with Crippen LogP contribution in [-0.2, 0) is 0 Å². The topological polar surface area (TPSA) is 17.1 Å². The Morgan fingerprint density at radius 2 is 2.08 bits per heavy atom. The number of benzene rings is 2. The van der Waals surface area contributed by atoms with Crippen molar-refractivity contribution in [2.45, 2.75) is 6.92 Å². The van der Waals surface area contributed by atoms with E-state index in [9.17, 15) is 4.79 Å². The van der Waals surface area contributed by atoms with E-state index in [0.717, 1.165) is 16.3 Å². The third-order valence-electron chi connectivity index (χ3n) is 2.06. The van der Waals surface area contributed by atoms with Crippen LogP contribution in [0.4, 0.5) is 0 Å². The van der Waals surface area contributed by atoms with Crippen LogP contribution in [0.2, 0.25) is 0 Å². The number of fused-ring (bicyclic) bond motifs is 1. The zero-order valence-electron chi connectivity index (χ0n) is 7.37. The fourth-order valence-corrected chi connectivity index (χ4v) is 1.32. The molecule has 2 rings (SSSR count). The number of Topliss-reactive ketones (excluding diaryl/α,β-unsaturated/α-hetero) is 1. The second-order valence-electron chi connectivity index (χ2n) is 3.03. The summed E-state index contributed by atoms with van der Waals surface area (Å²) >= 11 is 0. The molecule has 0 aromatic heterocycles. The largest absolute Gasteiger partial charge is 0.295 e. The Labute approximate surface area is 77.0 Å². The first-order valence-electron chi connectivity index (χ1n) is 4.19. The summed E-state index contributed by atoms with van der Waals surface area (Å²) in [5.74, 6) is 0.0852. The molecule has 0 aliphatic heterocycles. The average molecular weight is 169 g/mol. The van der Waals surface area contributed by atoms with Gasteiger partial charge >= 0.3 is 0 Å². The van der Waals surface area contributed by atoms with Crippen molar-refractivity contribution in [2.24, 2.45) is 0 Å². The number of rotatable bonds is 1. The lowest BCUT2D eigenvalue weighted by Gasteiger charge is -1.98. The summed E-state index contributed by atoms with van der Waals surface area (Å²) in [6.07, 6.45) is 0. The maximum atomic E-state index is 11.1. The molecule has 0 atom stereocenters. The van der Waals surface area contributed by atoms with E-state index in [4.69, 9.17) is 0 Å². The van der Waals surface area contributed by atoms with Crippen LogP contribution in [-0.4, -0.2) is 5.78 Å². The van der Waals surface area contributed by atoms with Crippen LogP contribution in [0.3, 0.4) is 0 Å². The van der Waals surface area contributed by atoms with Crippen molar-refractivity contribution in [3.05, 3.63) is 48.0 Å². The summed E-state index contributed by atoms with van der Waals surface area (Å²) in [5, 5.41) is 2.11. The fraction of sp³-hybridized carbons (Fsp3) is 0.0833. The van der Waals surface area contributed by atoms with Gasteiger partial charge in [0.1, 0.15) is 0 Å². The second kappa shape index (κ2) is 3.02. The van der Waals surface area contributed by atoms with Crippen LogP contribution < -0.4 is 0 Å². The van der Waals surface area contributed by atoms with E-state index in [-0.39, 0.29) is 5.78 Å². The highest BCUT2D eigenvalue weighted by atomic mass is 16.1. The molecule has 2 aromatic rings. The van der Waals surface area contributed by atoms with Crippen LogP contribution in [0.25, 0.3) is 10.8 Å². The smallest absolute Gasteiger partial charge is 0.159 e. The van der Waals surface area contributed by atoms with Crippen LogP contribution in [0, 0.1) is 6.07 Å². The van der Waals surface area contributed by atoms with Gasteiger partial charge in [-0.15, -0.1) is 0 Å². The van der Waals surface area contributed by atoms with Crippen molar-refractivity contribution < 1.29 is 4.79 Å². The molecule has 0 aliphatic carbocycles. The Balaban J connectivity index is 2.69. The highest BCUT2D eigenvalue weighted by molar-refractivity contribution is 5.98. The molecule has 0 N–H and O–H groups in total. The molecule has 0 heterocycles. The number of carbonyl (C=O) groups excluding carboxylic acids is 1. The van der Waals surface area contributed by atoms with E-state index >= 15 is 0 Å². The van der Waals surface area contributed by atoms with Gasteiger partial charge in [-0.1, -0.05) is 24.3 Å². The first kappa shape index (κ1) is 7.99. The number of ketones is 1. The molecule has 0 spiro atoms. The van der Waals surface area contributed by atoms with Crippen molar-refractivity contribution in [1.82, 2.24) is 0 Å². The van der Waals surface area contributed by atoms with Crippen LogP contribution in [0.1, 0.15) is 17.3 Å². The van der Waals surface area contributed by atoms with Gasteiger partial charge in [-0.05, 0) is 35.9 Å². The minimum atomic E-state index is 0.0852. The minimum Gasteiger partial charge on any atom is -0.295 e. The van der Waals surface area contributed by atoms with Gasteiger partial charge in [0.25, 0.3) is 0 Å². The van der Waals surface area contributed by atoms with E-state index in [2.05, 4.69) is 6.07 Å². The summed E-state index contributed by atoms with van der Waals surface area (Å²) in [6.45, 7) is 1.57. The molecule has 0 aliphatic rings. The van der Waals surface area contributed by atoms with Gasteiger partial charge in [0.2, 0.25) is 0 Å². The first-order chi connectivity index (χ1) is 6.27. The summed E-state index contributed by atoms with van der Waals surface area (Å²) in [6, 6.07) is 14.6. The summed E-state index contributed by atoms with van der Waals surface area (Å²) in [5.41, 5.74) is 0.721. The molecule has 0 unspecified atom stereocenters. The predicted octanol–water partition coefficient (Wildman–Crippen LogP) is 2.84. The Morgan fingerprint density at radius 1 is 1.31 bits per heavy atom. The van der Waals surface area contributed by atoms with Crippen LogP contribution >= 0.6 is 0 Å². The predicted molar refractivity (Wildman–Crippen MR) is 52.8 cm³/mol. The number of hydrogen-bond donors (Lipinski definition) is 0. The van der Waals surface area contributed by atoms with Gasteiger partial charge in [0.05, 0.1) is 0 Å². The quantitative estimate of drug-likeness (QED) is 0.600. The molecule has 63 valence electrons. The molecule has 0 saturated carbocycles. The average Bonchev–Trinajstić information content (AvgIpc) is 2.17. The van der Waals surface area contributed by atoms with E-state index < -0.39 is 0 Å². The lowest BCUT2D eigenvalue weighted by molar-refractivity contribution is 0.101. The van der Waals surface area contributed by atoms with Crippen molar-refractivity contribution >= 4 is 16.6 Å². The molecule has 1 heteroatoms. The van der Waals surface area contributed by atoms with Crippen molar-refractivity contribution in [3.8, 4) is 0 Å². The van der Waals surface area contributed by atoms with Crippen LogP contribution in [0.5, 0.6) is 0 Å². The lowest BCUT2D eigenvalue weighted by Crippen LogP contribution is -1.90. The molecule has 2 aromatic carbocycles. The Bertz CT molecular complexity index is 457. The van der Waals surface area contributed by atoms with E-state index in [0.29, 0.717) is 0 Å². The molecule has 0 saturated heterocycles. The summed E-state index contributed by atoms with van der Waals surface area (Å²) in [7, 11) is 0. The molecular weight excluding hydrogens is 160 g/mol. The molecular formula is C12H9O. The van der Waals surface area contributed by atoms with Gasteiger partial charge < -0.3 is 0 Å². The lowest BCUT2D eigenvalue weighted by atomic mass is 10.1. The SMILES string of the molecule is CC(=O)c1c[c]c2ccccc2c1. The number of hydrogen-bond acceptors (Lipinski definition) is 1. The van der Waals surface area contributed by atoms with Gasteiger partial charge in [0, 0.05) is 5.56 Å². The standard InChI is InChI=1S/C12H9O/c1-9(13)11-7-6-10-4-2-3-5-12(10)8-11/h2-5,7-8H,1H3. The van der Waals surface area contributed by atoms with Gasteiger partial charge in [-0.25, -0.2) is 0 Å². The van der Waals surface area contributed by atoms with Crippen molar-refractivity contribution in [3.63, 3.8) is 0 Å². The molecule has 0 amide bonds. The minimum absolute atomic E-state index is 0.0852. The molecule has 1 nitrogen and oxygen atoms in total. The molecule has 1 radical (unpaired) electrons. The highest BCUT2D eigenvalue weighted by Crippen LogP contribution is 2.14. The summed E-state index contributed by atoms with van der Waals surface area (Å²) < 4.78 is 0. The maximum absolute atomic E-state index is 11.1. The Morgan fingerprint density at radius 3 is 2.85 bits per heavy atom.